The Kier molecular flexibility index (Phi) is 9.33. The van der Waals surface area contributed by atoms with Crippen LogP contribution in [0.3, 0.4) is 0 Å². The van der Waals surface area contributed by atoms with Crippen LogP contribution in [-0.4, -0.2) is 17.7 Å². The molecule has 0 saturated heterocycles. The summed E-state index contributed by atoms with van der Waals surface area (Å²) < 4.78 is 0. The summed E-state index contributed by atoms with van der Waals surface area (Å²) in [5.41, 5.74) is 2.16. The van der Waals surface area contributed by atoms with Gasteiger partial charge in [0.2, 0.25) is 5.12 Å². The van der Waals surface area contributed by atoms with Crippen LogP contribution in [-0.2, 0) is 22.4 Å². The second-order valence-electron chi connectivity index (χ2n) is 4.14. The lowest BCUT2D eigenvalue weighted by atomic mass is 10.2. The summed E-state index contributed by atoms with van der Waals surface area (Å²) in [6.07, 6.45) is 3.88. The summed E-state index contributed by atoms with van der Waals surface area (Å²) in [7, 11) is 2.80. The van der Waals surface area contributed by atoms with Crippen molar-refractivity contribution in [3.05, 3.63) is 71.8 Å². The van der Waals surface area contributed by atoms with Gasteiger partial charge in [0.05, 0.1) is 0 Å². The number of hydrogen-bond acceptors (Lipinski definition) is 4. The summed E-state index contributed by atoms with van der Waals surface area (Å²) in [6.45, 7) is 0. The van der Waals surface area contributed by atoms with Crippen LogP contribution in [0.5, 0.6) is 0 Å². The van der Waals surface area contributed by atoms with Crippen LogP contribution in [0.15, 0.2) is 60.7 Å². The van der Waals surface area contributed by atoms with Crippen molar-refractivity contribution in [2.24, 2.45) is 0 Å². The molecule has 0 N–H and O–H groups in total. The number of benzene rings is 2. The Labute approximate surface area is 133 Å². The molecule has 0 spiro atoms. The highest BCUT2D eigenvalue weighted by molar-refractivity contribution is 8.82. The zero-order chi connectivity index (χ0) is 15.3. The minimum Gasteiger partial charge on any atom is -0.303 e. The Morgan fingerprint density at radius 1 is 0.952 bits per heavy atom. The lowest BCUT2D eigenvalue weighted by Crippen LogP contribution is -1.94. The lowest BCUT2D eigenvalue weighted by molar-refractivity contribution is -0.110. The summed E-state index contributed by atoms with van der Waals surface area (Å²) in [5, 5.41) is 0.216. The number of carbonyl (C=O) groups is 2. The average molecular weight is 318 g/mol. The Morgan fingerprint density at radius 2 is 1.48 bits per heavy atom. The molecule has 0 heterocycles. The summed E-state index contributed by atoms with van der Waals surface area (Å²) in [6, 6.07) is 19.5. The quantitative estimate of drug-likeness (QED) is 0.611. The molecule has 0 saturated carbocycles. The molecule has 0 amide bonds. The SMILES string of the molecule is CSSC(=O)Cc1ccccc1.O=CCc1ccccc1. The molecule has 0 bridgehead atoms. The molecule has 0 fully saturated rings. The highest BCUT2D eigenvalue weighted by Gasteiger charge is 2.01. The zero-order valence-electron chi connectivity index (χ0n) is 11.9. The fourth-order valence-corrected chi connectivity index (χ4v) is 2.74. The van der Waals surface area contributed by atoms with E-state index >= 15 is 0 Å². The number of hydrogen-bond donors (Lipinski definition) is 0. The molecule has 0 aliphatic rings. The predicted molar refractivity (Wildman–Crippen MR) is 92.5 cm³/mol. The first-order chi connectivity index (χ1) is 10.3. The highest BCUT2D eigenvalue weighted by Crippen LogP contribution is 2.19. The Balaban J connectivity index is 0.000000219. The third-order valence-corrected chi connectivity index (χ3v) is 4.08. The van der Waals surface area contributed by atoms with Crippen LogP contribution >= 0.6 is 21.6 Å². The molecule has 4 heteroatoms. The van der Waals surface area contributed by atoms with E-state index in [9.17, 15) is 9.59 Å². The Morgan fingerprint density at radius 3 is 1.95 bits per heavy atom. The van der Waals surface area contributed by atoms with Gasteiger partial charge >= 0.3 is 0 Å². The van der Waals surface area contributed by atoms with Gasteiger partial charge in [-0.05, 0) is 28.2 Å². The Bertz CT molecular complexity index is 527. The zero-order valence-corrected chi connectivity index (χ0v) is 13.5. The van der Waals surface area contributed by atoms with E-state index in [1.807, 2.05) is 66.9 Å². The third kappa shape index (κ3) is 8.38. The van der Waals surface area contributed by atoms with Crippen LogP contribution in [0.2, 0.25) is 0 Å². The van der Waals surface area contributed by atoms with Gasteiger partial charge in [-0.15, -0.1) is 0 Å². The van der Waals surface area contributed by atoms with E-state index < -0.39 is 0 Å². The molecule has 0 radical (unpaired) electrons. The smallest absolute Gasteiger partial charge is 0.203 e. The van der Waals surface area contributed by atoms with Gasteiger partial charge in [0.25, 0.3) is 0 Å². The van der Waals surface area contributed by atoms with E-state index in [0.717, 1.165) is 17.4 Å². The van der Waals surface area contributed by atoms with Gasteiger partial charge in [-0.1, -0.05) is 71.5 Å². The molecule has 0 aromatic heterocycles. The van der Waals surface area contributed by atoms with Crippen LogP contribution in [0.1, 0.15) is 11.1 Å². The van der Waals surface area contributed by atoms with Crippen molar-refractivity contribution in [3.63, 3.8) is 0 Å². The van der Waals surface area contributed by atoms with Crippen molar-refractivity contribution >= 4 is 33.0 Å². The first-order valence-electron chi connectivity index (χ1n) is 6.51. The lowest BCUT2D eigenvalue weighted by Gasteiger charge is -1.97. The van der Waals surface area contributed by atoms with E-state index in [1.165, 1.54) is 21.6 Å². The fraction of sp³-hybridized carbons (Fsp3) is 0.176. The molecule has 0 unspecified atom stereocenters. The van der Waals surface area contributed by atoms with Crippen molar-refractivity contribution in [1.82, 2.24) is 0 Å². The predicted octanol–water partition coefficient (Wildman–Crippen LogP) is 4.19. The molecule has 0 atom stereocenters. The van der Waals surface area contributed by atoms with Gasteiger partial charge in [0.15, 0.2) is 0 Å². The van der Waals surface area contributed by atoms with E-state index in [0.29, 0.717) is 12.8 Å². The molecule has 2 aromatic rings. The van der Waals surface area contributed by atoms with Gasteiger partial charge in [-0.25, -0.2) is 0 Å². The van der Waals surface area contributed by atoms with Crippen molar-refractivity contribution < 1.29 is 9.59 Å². The normalized spacial score (nSPS) is 9.38. The minimum atomic E-state index is 0.216. The third-order valence-electron chi connectivity index (χ3n) is 2.53. The van der Waals surface area contributed by atoms with E-state index in [2.05, 4.69) is 0 Å². The molecular weight excluding hydrogens is 300 g/mol. The van der Waals surface area contributed by atoms with Crippen LogP contribution in [0.4, 0.5) is 0 Å². The monoisotopic (exact) mass is 318 g/mol. The standard InChI is InChI=1S/C9H10OS2.C8H8O/c1-11-12-9(10)7-8-5-3-2-4-6-8;9-7-6-8-4-2-1-3-5-8/h2-6H,7H2,1H3;1-5,7H,6H2. The molecule has 21 heavy (non-hydrogen) atoms. The minimum absolute atomic E-state index is 0.216. The first kappa shape index (κ1) is 17.5. The van der Waals surface area contributed by atoms with Gasteiger partial charge in [0, 0.05) is 12.8 Å². The second-order valence-corrected chi connectivity index (χ2v) is 6.60. The van der Waals surface area contributed by atoms with Crippen molar-refractivity contribution in [3.8, 4) is 0 Å². The molecule has 0 aliphatic carbocycles. The number of rotatable bonds is 5. The average Bonchev–Trinajstić information content (AvgIpc) is 2.50. The van der Waals surface area contributed by atoms with Gasteiger partial charge in [-0.3, -0.25) is 4.79 Å². The topological polar surface area (TPSA) is 34.1 Å². The van der Waals surface area contributed by atoms with Gasteiger partial charge in [-0.2, -0.15) is 0 Å². The van der Waals surface area contributed by atoms with Gasteiger partial charge < -0.3 is 4.79 Å². The summed E-state index contributed by atoms with van der Waals surface area (Å²) in [4.78, 5) is 21.1. The summed E-state index contributed by atoms with van der Waals surface area (Å²) >= 11 is 0. The molecular formula is C17H18O2S2. The summed E-state index contributed by atoms with van der Waals surface area (Å²) in [5.74, 6) is 0. The maximum absolute atomic E-state index is 11.2. The van der Waals surface area contributed by atoms with E-state index in [-0.39, 0.29) is 5.12 Å². The molecule has 0 aliphatic heterocycles. The largest absolute Gasteiger partial charge is 0.303 e. The van der Waals surface area contributed by atoms with Crippen molar-refractivity contribution in [1.29, 1.82) is 0 Å². The highest BCUT2D eigenvalue weighted by atomic mass is 33.1. The number of carbonyl (C=O) groups excluding carboxylic acids is 2. The van der Waals surface area contributed by atoms with Crippen molar-refractivity contribution in [2.75, 3.05) is 6.26 Å². The maximum atomic E-state index is 11.2. The molecule has 2 rings (SSSR count). The van der Waals surface area contributed by atoms with E-state index in [4.69, 9.17) is 0 Å². The van der Waals surface area contributed by atoms with Crippen LogP contribution in [0.25, 0.3) is 0 Å². The molecule has 2 aromatic carbocycles. The van der Waals surface area contributed by atoms with Crippen LogP contribution < -0.4 is 0 Å². The van der Waals surface area contributed by atoms with Gasteiger partial charge in [0.1, 0.15) is 6.29 Å². The molecule has 110 valence electrons. The fourth-order valence-electron chi connectivity index (χ4n) is 1.60. The van der Waals surface area contributed by atoms with E-state index in [1.54, 1.807) is 0 Å². The number of aldehydes is 1. The first-order valence-corrected chi connectivity index (χ1v) is 9.07. The molecule has 2 nitrogen and oxygen atoms in total. The maximum Gasteiger partial charge on any atom is 0.203 e. The van der Waals surface area contributed by atoms with Crippen LogP contribution in [0, 0.1) is 0 Å². The Hall–Kier alpha value is -1.52. The second kappa shape index (κ2) is 11.2. The van der Waals surface area contributed by atoms with Crippen molar-refractivity contribution in [2.45, 2.75) is 12.8 Å².